The maximum Gasteiger partial charge on any atom is 0.338 e. The van der Waals surface area contributed by atoms with E-state index < -0.39 is 16.3 Å². The number of nitrogens with zero attached hydrogens (tertiary/aromatic N) is 2. The molecule has 1 fully saturated rings. The molecule has 25 heavy (non-hydrogen) atoms. The summed E-state index contributed by atoms with van der Waals surface area (Å²) in [7, 11) is 0. The molecule has 0 N–H and O–H groups in total. The normalized spacial score (nSPS) is 14.9. The van der Waals surface area contributed by atoms with E-state index in [9.17, 15) is 19.7 Å². The van der Waals surface area contributed by atoms with E-state index in [-0.39, 0.29) is 23.6 Å². The number of ether oxygens (including phenoxy) is 1. The van der Waals surface area contributed by atoms with E-state index in [0.29, 0.717) is 5.69 Å². The Balaban J connectivity index is 2.16. The van der Waals surface area contributed by atoms with Gasteiger partial charge in [0, 0.05) is 24.6 Å². The molecule has 136 valence electrons. The smallest absolute Gasteiger partial charge is 0.338 e. The lowest BCUT2D eigenvalue weighted by molar-refractivity contribution is -0.384. The van der Waals surface area contributed by atoms with Crippen molar-refractivity contribution >= 4 is 23.1 Å². The zero-order valence-electron chi connectivity index (χ0n) is 14.9. The van der Waals surface area contributed by atoms with Gasteiger partial charge < -0.3 is 9.64 Å². The molecule has 0 aromatic heterocycles. The highest BCUT2D eigenvalue weighted by atomic mass is 16.6. The first-order chi connectivity index (χ1) is 11.7. The van der Waals surface area contributed by atoms with Gasteiger partial charge in [-0.1, -0.05) is 20.8 Å². The molecule has 1 saturated heterocycles. The van der Waals surface area contributed by atoms with Crippen molar-refractivity contribution in [2.45, 2.75) is 40.0 Å². The molecule has 7 heteroatoms. The molecule has 1 aliphatic heterocycles. The van der Waals surface area contributed by atoms with Gasteiger partial charge in [-0.25, -0.2) is 4.79 Å². The Bertz CT molecular complexity index is 673. The Labute approximate surface area is 147 Å². The summed E-state index contributed by atoms with van der Waals surface area (Å²) in [5, 5.41) is 11.4. The lowest BCUT2D eigenvalue weighted by atomic mass is 9.91. The van der Waals surface area contributed by atoms with Crippen LogP contribution < -0.4 is 4.90 Å². The van der Waals surface area contributed by atoms with Crippen LogP contribution in [0.5, 0.6) is 0 Å². The van der Waals surface area contributed by atoms with Crippen molar-refractivity contribution < 1.29 is 19.2 Å². The average Bonchev–Trinajstić information content (AvgIpc) is 2.58. The Hall–Kier alpha value is -2.44. The second-order valence-corrected chi connectivity index (χ2v) is 7.26. The second-order valence-electron chi connectivity index (χ2n) is 7.26. The molecule has 2 rings (SSSR count). The highest BCUT2D eigenvalue weighted by Crippen LogP contribution is 2.31. The molecule has 1 aromatic carbocycles. The first-order valence-electron chi connectivity index (χ1n) is 8.44. The zero-order valence-corrected chi connectivity index (χ0v) is 14.9. The van der Waals surface area contributed by atoms with Gasteiger partial charge in [-0.05, 0) is 31.4 Å². The second kappa shape index (κ2) is 7.63. The molecule has 0 spiro atoms. The predicted octanol–water partition coefficient (Wildman–Crippen LogP) is 3.36. The Morgan fingerprint density at radius 2 is 1.84 bits per heavy atom. The molecule has 0 aliphatic carbocycles. The van der Waals surface area contributed by atoms with Crippen LogP contribution in [0.2, 0.25) is 0 Å². The van der Waals surface area contributed by atoms with Gasteiger partial charge in [-0.15, -0.1) is 0 Å². The fourth-order valence-electron chi connectivity index (χ4n) is 2.63. The van der Waals surface area contributed by atoms with Crippen molar-refractivity contribution in [3.05, 3.63) is 33.9 Å². The fourth-order valence-corrected chi connectivity index (χ4v) is 2.63. The topological polar surface area (TPSA) is 89.8 Å². The summed E-state index contributed by atoms with van der Waals surface area (Å²) in [5.74, 6) is -0.939. The van der Waals surface area contributed by atoms with Crippen molar-refractivity contribution in [1.29, 1.82) is 0 Å². The first-order valence-corrected chi connectivity index (χ1v) is 8.44. The minimum Gasteiger partial charge on any atom is -0.454 e. The van der Waals surface area contributed by atoms with Gasteiger partial charge in [0.25, 0.3) is 5.69 Å². The summed E-state index contributed by atoms with van der Waals surface area (Å²) in [6, 6.07) is 4.33. The first kappa shape index (κ1) is 18.9. The number of nitro groups is 1. The third kappa shape index (κ3) is 4.78. The molecular formula is C18H24N2O5. The standard InChI is InChI=1S/C18H24N2O5/c1-18(2,3)16(21)12-25-17(22)13-7-8-14(15(11-13)20(23)24)19-9-5-4-6-10-19/h7-8,11H,4-6,9-10,12H2,1-3H3. The van der Waals surface area contributed by atoms with Crippen LogP contribution in [0.25, 0.3) is 0 Å². The number of piperidine rings is 1. The van der Waals surface area contributed by atoms with Crippen LogP contribution in [-0.4, -0.2) is 36.4 Å². The quantitative estimate of drug-likeness (QED) is 0.460. The maximum atomic E-state index is 12.1. The number of ketones is 1. The number of nitro benzene ring substituents is 1. The van der Waals surface area contributed by atoms with Crippen molar-refractivity contribution in [2.24, 2.45) is 5.41 Å². The molecule has 1 heterocycles. The van der Waals surface area contributed by atoms with Crippen LogP contribution in [0.3, 0.4) is 0 Å². The monoisotopic (exact) mass is 348 g/mol. The molecule has 0 bridgehead atoms. The SMILES string of the molecule is CC(C)(C)C(=O)COC(=O)c1ccc(N2CCCCC2)c([N+](=O)[O-])c1. The summed E-state index contributed by atoms with van der Waals surface area (Å²) in [6.07, 6.45) is 3.11. The highest BCUT2D eigenvalue weighted by Gasteiger charge is 2.25. The number of hydrogen-bond acceptors (Lipinski definition) is 6. The zero-order chi connectivity index (χ0) is 18.6. The van der Waals surface area contributed by atoms with Crippen LogP contribution in [0, 0.1) is 15.5 Å². The van der Waals surface area contributed by atoms with E-state index in [1.807, 2.05) is 4.90 Å². The maximum absolute atomic E-state index is 12.1. The van der Waals surface area contributed by atoms with Crippen LogP contribution in [0.1, 0.15) is 50.4 Å². The van der Waals surface area contributed by atoms with E-state index in [1.54, 1.807) is 26.8 Å². The molecule has 7 nitrogen and oxygen atoms in total. The molecule has 0 amide bonds. The molecule has 0 atom stereocenters. The molecular weight excluding hydrogens is 324 g/mol. The average molecular weight is 348 g/mol. The number of benzene rings is 1. The van der Waals surface area contributed by atoms with Crippen LogP contribution >= 0.6 is 0 Å². The van der Waals surface area contributed by atoms with Gasteiger partial charge >= 0.3 is 5.97 Å². The highest BCUT2D eigenvalue weighted by molar-refractivity contribution is 5.94. The summed E-state index contributed by atoms with van der Waals surface area (Å²) in [6.45, 7) is 6.41. The number of rotatable bonds is 5. The van der Waals surface area contributed by atoms with Gasteiger partial charge in [-0.3, -0.25) is 14.9 Å². The van der Waals surface area contributed by atoms with Crippen LogP contribution in [0.15, 0.2) is 18.2 Å². The van der Waals surface area contributed by atoms with Gasteiger partial charge in [-0.2, -0.15) is 0 Å². The minimum atomic E-state index is -0.731. The molecule has 1 aromatic rings. The molecule has 0 saturated carbocycles. The molecule has 1 aliphatic rings. The lowest BCUT2D eigenvalue weighted by Gasteiger charge is -2.28. The largest absolute Gasteiger partial charge is 0.454 e. The lowest BCUT2D eigenvalue weighted by Crippen LogP contribution is -2.30. The minimum absolute atomic E-state index is 0.0779. The summed E-state index contributed by atoms with van der Waals surface area (Å²) < 4.78 is 5.01. The van der Waals surface area contributed by atoms with E-state index in [1.165, 1.54) is 12.1 Å². The van der Waals surface area contributed by atoms with Crippen LogP contribution in [-0.2, 0) is 9.53 Å². The fraction of sp³-hybridized carbons (Fsp3) is 0.556. The summed E-state index contributed by atoms with van der Waals surface area (Å²) >= 11 is 0. The Kier molecular flexibility index (Phi) is 5.77. The summed E-state index contributed by atoms with van der Waals surface area (Å²) in [5.41, 5.74) is -0.121. The van der Waals surface area contributed by atoms with E-state index in [2.05, 4.69) is 0 Å². The van der Waals surface area contributed by atoms with Crippen molar-refractivity contribution in [3.63, 3.8) is 0 Å². The number of hydrogen-bond donors (Lipinski definition) is 0. The van der Waals surface area contributed by atoms with E-state index in [4.69, 9.17) is 4.74 Å². The van der Waals surface area contributed by atoms with Crippen molar-refractivity contribution in [2.75, 3.05) is 24.6 Å². The van der Waals surface area contributed by atoms with Crippen molar-refractivity contribution in [3.8, 4) is 0 Å². The Morgan fingerprint density at radius 1 is 1.20 bits per heavy atom. The number of Topliss-reactive ketones (excluding diaryl/α,β-unsaturated/α-hetero) is 1. The van der Waals surface area contributed by atoms with Crippen LogP contribution in [0.4, 0.5) is 11.4 Å². The third-order valence-electron chi connectivity index (χ3n) is 4.28. The van der Waals surface area contributed by atoms with Gasteiger partial charge in [0.15, 0.2) is 12.4 Å². The number of esters is 1. The van der Waals surface area contributed by atoms with E-state index >= 15 is 0 Å². The molecule has 0 unspecified atom stereocenters. The number of carbonyl (C=O) groups is 2. The van der Waals surface area contributed by atoms with E-state index in [0.717, 1.165) is 32.4 Å². The summed E-state index contributed by atoms with van der Waals surface area (Å²) in [4.78, 5) is 36.9. The van der Waals surface area contributed by atoms with Crippen molar-refractivity contribution in [1.82, 2.24) is 0 Å². The number of carbonyl (C=O) groups excluding carboxylic acids is 2. The van der Waals surface area contributed by atoms with Gasteiger partial charge in [0.2, 0.25) is 0 Å². The predicted molar refractivity (Wildman–Crippen MR) is 93.9 cm³/mol. The molecule has 0 radical (unpaired) electrons. The van der Waals surface area contributed by atoms with Gasteiger partial charge in [0.1, 0.15) is 5.69 Å². The number of anilines is 1. The third-order valence-corrected chi connectivity index (χ3v) is 4.28. The Morgan fingerprint density at radius 3 is 2.40 bits per heavy atom. The van der Waals surface area contributed by atoms with Gasteiger partial charge in [0.05, 0.1) is 10.5 Å².